The van der Waals surface area contributed by atoms with Crippen LogP contribution in [-0.2, 0) is 9.47 Å². The number of rotatable bonds is 6. The Hall–Kier alpha value is -2.64. The first kappa shape index (κ1) is 21.7. The lowest BCUT2D eigenvalue weighted by molar-refractivity contribution is 0.0525. The fourth-order valence-corrected chi connectivity index (χ4v) is 2.79. The van der Waals surface area contributed by atoms with Crippen LogP contribution in [-0.4, -0.2) is 30.3 Å². The Bertz CT molecular complexity index is 866. The van der Waals surface area contributed by atoms with E-state index in [1.807, 2.05) is 13.0 Å². The van der Waals surface area contributed by atoms with E-state index >= 15 is 0 Å². The molecular formula is C20H21ClN2O4S. The number of carbonyl (C=O) groups excluding carboxylic acids is 2. The Balaban J connectivity index is 2.27. The minimum Gasteiger partial charge on any atom is -0.462 e. The molecule has 0 aliphatic heterocycles. The molecule has 0 bridgehead atoms. The zero-order valence-electron chi connectivity index (χ0n) is 15.8. The molecule has 0 saturated carbocycles. The van der Waals surface area contributed by atoms with Gasteiger partial charge in [0.1, 0.15) is 0 Å². The summed E-state index contributed by atoms with van der Waals surface area (Å²) in [5, 5.41) is 6.92. The lowest BCUT2D eigenvalue weighted by Gasteiger charge is -2.15. The van der Waals surface area contributed by atoms with Crippen molar-refractivity contribution in [3.8, 4) is 0 Å². The van der Waals surface area contributed by atoms with Crippen LogP contribution in [0.15, 0.2) is 36.4 Å². The van der Waals surface area contributed by atoms with E-state index in [1.165, 1.54) is 6.07 Å². The van der Waals surface area contributed by atoms with Crippen LogP contribution >= 0.6 is 23.8 Å². The van der Waals surface area contributed by atoms with Crippen LogP contribution in [0, 0.1) is 6.92 Å². The molecule has 0 aliphatic rings. The SMILES string of the molecule is CCOC(=O)c1cc(NC(=S)Nc2cccc(Cl)c2C)cc(C(=O)OCC)c1. The number of esters is 2. The minimum absolute atomic E-state index is 0.219. The van der Waals surface area contributed by atoms with Crippen molar-refractivity contribution in [2.45, 2.75) is 20.8 Å². The molecule has 2 aromatic rings. The van der Waals surface area contributed by atoms with E-state index < -0.39 is 11.9 Å². The average molecular weight is 421 g/mol. The van der Waals surface area contributed by atoms with Crippen LogP contribution in [0.25, 0.3) is 0 Å². The number of anilines is 2. The van der Waals surface area contributed by atoms with E-state index in [9.17, 15) is 9.59 Å². The summed E-state index contributed by atoms with van der Waals surface area (Å²) in [7, 11) is 0. The summed E-state index contributed by atoms with van der Waals surface area (Å²) in [6, 6.07) is 9.97. The molecule has 2 rings (SSSR count). The van der Waals surface area contributed by atoms with Gasteiger partial charge in [-0.05, 0) is 68.9 Å². The fraction of sp³-hybridized carbons (Fsp3) is 0.250. The molecule has 2 N–H and O–H groups in total. The number of thiocarbonyl (C=S) groups is 1. The highest BCUT2D eigenvalue weighted by molar-refractivity contribution is 7.80. The number of hydrogen-bond donors (Lipinski definition) is 2. The van der Waals surface area contributed by atoms with E-state index in [4.69, 9.17) is 33.3 Å². The number of nitrogens with one attached hydrogen (secondary N) is 2. The Kier molecular flexibility index (Phi) is 7.78. The van der Waals surface area contributed by atoms with Gasteiger partial charge in [-0.25, -0.2) is 9.59 Å². The normalized spacial score (nSPS) is 10.1. The van der Waals surface area contributed by atoms with Gasteiger partial charge in [0.25, 0.3) is 0 Å². The van der Waals surface area contributed by atoms with Crippen LogP contribution in [0.3, 0.4) is 0 Å². The Morgan fingerprint density at radius 2 is 1.57 bits per heavy atom. The van der Waals surface area contributed by atoms with Crippen molar-refractivity contribution in [2.24, 2.45) is 0 Å². The Morgan fingerprint density at radius 3 is 2.11 bits per heavy atom. The molecule has 28 heavy (non-hydrogen) atoms. The maximum atomic E-state index is 12.1. The first-order valence-corrected chi connectivity index (χ1v) is 9.46. The fourth-order valence-electron chi connectivity index (χ4n) is 2.39. The molecule has 0 spiro atoms. The van der Waals surface area contributed by atoms with E-state index in [2.05, 4.69) is 10.6 Å². The quantitative estimate of drug-likeness (QED) is 0.512. The molecule has 0 saturated heterocycles. The van der Waals surface area contributed by atoms with Gasteiger partial charge in [0, 0.05) is 16.4 Å². The molecule has 0 unspecified atom stereocenters. The molecule has 0 radical (unpaired) electrons. The van der Waals surface area contributed by atoms with Crippen LogP contribution in [0.2, 0.25) is 5.02 Å². The maximum absolute atomic E-state index is 12.1. The van der Waals surface area contributed by atoms with Gasteiger partial charge in [0.2, 0.25) is 0 Å². The zero-order valence-corrected chi connectivity index (χ0v) is 17.4. The maximum Gasteiger partial charge on any atom is 0.338 e. The van der Waals surface area contributed by atoms with Gasteiger partial charge in [0.15, 0.2) is 5.11 Å². The zero-order chi connectivity index (χ0) is 20.7. The molecule has 0 atom stereocenters. The second-order valence-electron chi connectivity index (χ2n) is 5.73. The summed E-state index contributed by atoms with van der Waals surface area (Å²) >= 11 is 11.5. The average Bonchev–Trinajstić information content (AvgIpc) is 2.65. The van der Waals surface area contributed by atoms with Crippen LogP contribution < -0.4 is 10.6 Å². The van der Waals surface area contributed by atoms with Gasteiger partial charge < -0.3 is 20.1 Å². The summed E-state index contributed by atoms with van der Waals surface area (Å²) < 4.78 is 10.1. The van der Waals surface area contributed by atoms with Crippen molar-refractivity contribution in [1.29, 1.82) is 0 Å². The van der Waals surface area contributed by atoms with E-state index in [0.717, 1.165) is 11.3 Å². The monoisotopic (exact) mass is 420 g/mol. The second-order valence-corrected chi connectivity index (χ2v) is 6.55. The topological polar surface area (TPSA) is 76.7 Å². The molecule has 0 aromatic heterocycles. The van der Waals surface area contributed by atoms with Gasteiger partial charge in [-0.2, -0.15) is 0 Å². The molecule has 6 nitrogen and oxygen atoms in total. The van der Waals surface area contributed by atoms with Crippen LogP contribution in [0.1, 0.15) is 40.1 Å². The summed E-state index contributed by atoms with van der Waals surface area (Å²) in [5.41, 5.74) is 2.48. The molecule has 0 amide bonds. The van der Waals surface area contributed by atoms with Crippen molar-refractivity contribution in [3.05, 3.63) is 58.1 Å². The summed E-state index contributed by atoms with van der Waals surface area (Å²) in [6.45, 7) is 5.73. The summed E-state index contributed by atoms with van der Waals surface area (Å²) in [5.74, 6) is -1.08. The Labute approximate surface area is 174 Å². The standard InChI is InChI=1S/C20H21ClN2O4S/c1-4-26-18(24)13-9-14(19(25)27-5-2)11-15(10-13)22-20(28)23-17-8-6-7-16(21)12(17)3/h6-11H,4-5H2,1-3H3,(H2,22,23,28). The molecule has 148 valence electrons. The van der Waals surface area contributed by atoms with Gasteiger partial charge in [0.05, 0.1) is 24.3 Å². The molecule has 2 aromatic carbocycles. The van der Waals surface area contributed by atoms with Gasteiger partial charge in [-0.15, -0.1) is 0 Å². The second kappa shape index (κ2) is 10.1. The van der Waals surface area contributed by atoms with Crippen LogP contribution in [0.5, 0.6) is 0 Å². The first-order chi connectivity index (χ1) is 13.3. The smallest absolute Gasteiger partial charge is 0.338 e. The van der Waals surface area contributed by atoms with Crippen molar-refractivity contribution < 1.29 is 19.1 Å². The number of benzene rings is 2. The van der Waals surface area contributed by atoms with Gasteiger partial charge in [-0.1, -0.05) is 17.7 Å². The minimum atomic E-state index is -0.540. The van der Waals surface area contributed by atoms with Crippen molar-refractivity contribution in [1.82, 2.24) is 0 Å². The largest absolute Gasteiger partial charge is 0.462 e. The number of halogens is 1. The van der Waals surface area contributed by atoms with E-state index in [0.29, 0.717) is 10.7 Å². The highest BCUT2D eigenvalue weighted by Gasteiger charge is 2.15. The highest BCUT2D eigenvalue weighted by Crippen LogP contribution is 2.23. The summed E-state index contributed by atoms with van der Waals surface area (Å²) in [4.78, 5) is 24.2. The third-order valence-electron chi connectivity index (χ3n) is 3.73. The third kappa shape index (κ3) is 5.68. The lowest BCUT2D eigenvalue weighted by atomic mass is 10.1. The van der Waals surface area contributed by atoms with Crippen molar-refractivity contribution in [2.75, 3.05) is 23.8 Å². The van der Waals surface area contributed by atoms with Crippen LogP contribution in [0.4, 0.5) is 11.4 Å². The third-order valence-corrected chi connectivity index (χ3v) is 4.34. The predicted molar refractivity (Wildman–Crippen MR) is 114 cm³/mol. The van der Waals surface area contributed by atoms with Crippen molar-refractivity contribution >= 4 is 52.2 Å². The summed E-state index contributed by atoms with van der Waals surface area (Å²) in [6.07, 6.45) is 0. The number of hydrogen-bond acceptors (Lipinski definition) is 5. The number of ether oxygens (including phenoxy) is 2. The Morgan fingerprint density at radius 1 is 1.00 bits per heavy atom. The predicted octanol–water partition coefficient (Wildman–Crippen LogP) is 4.81. The van der Waals surface area contributed by atoms with E-state index in [1.54, 1.807) is 38.1 Å². The lowest BCUT2D eigenvalue weighted by Crippen LogP contribution is -2.20. The van der Waals surface area contributed by atoms with E-state index in [-0.39, 0.29) is 29.5 Å². The van der Waals surface area contributed by atoms with Gasteiger partial charge in [-0.3, -0.25) is 0 Å². The molecule has 8 heteroatoms. The highest BCUT2D eigenvalue weighted by atomic mass is 35.5. The molecule has 0 fully saturated rings. The first-order valence-electron chi connectivity index (χ1n) is 8.68. The molecular weight excluding hydrogens is 400 g/mol. The molecule has 0 heterocycles. The van der Waals surface area contributed by atoms with Crippen molar-refractivity contribution in [3.63, 3.8) is 0 Å². The van der Waals surface area contributed by atoms with Gasteiger partial charge >= 0.3 is 11.9 Å². The number of carbonyl (C=O) groups is 2. The molecule has 0 aliphatic carbocycles.